The first kappa shape index (κ1) is 12.6. The van der Waals surface area contributed by atoms with Crippen molar-refractivity contribution in [2.45, 2.75) is 32.9 Å². The minimum Gasteiger partial charge on any atom is -0.480 e. The highest BCUT2D eigenvalue weighted by atomic mass is 19.1. The highest BCUT2D eigenvalue weighted by Gasteiger charge is 2.20. The molecule has 1 unspecified atom stereocenters. The summed E-state index contributed by atoms with van der Waals surface area (Å²) in [6, 6.07) is 3.64. The van der Waals surface area contributed by atoms with Crippen LogP contribution in [0.4, 0.5) is 4.39 Å². The lowest BCUT2D eigenvalue weighted by molar-refractivity contribution is -0.139. The molecule has 1 aromatic rings. The first-order chi connectivity index (χ1) is 7.41. The van der Waals surface area contributed by atoms with Gasteiger partial charge in [-0.15, -0.1) is 0 Å². The molecule has 0 spiro atoms. The third-order valence-corrected chi connectivity index (χ3v) is 2.28. The molecule has 0 aliphatic rings. The average molecular weight is 225 g/mol. The van der Waals surface area contributed by atoms with E-state index in [0.717, 1.165) is 0 Å². The average Bonchev–Trinajstić information content (AvgIpc) is 2.18. The summed E-state index contributed by atoms with van der Waals surface area (Å²) in [6.45, 7) is 5.34. The van der Waals surface area contributed by atoms with Gasteiger partial charge in [-0.05, 0) is 38.0 Å². The number of hydrogen-bond acceptors (Lipinski definition) is 2. The zero-order valence-corrected chi connectivity index (χ0v) is 9.62. The number of carboxylic acid groups (broad SMARTS) is 1. The predicted octanol–water partition coefficient (Wildman–Crippen LogP) is 2.26. The largest absolute Gasteiger partial charge is 0.480 e. The zero-order valence-electron chi connectivity index (χ0n) is 9.62. The second-order valence-corrected chi connectivity index (χ2v) is 4.10. The molecule has 0 bridgehead atoms. The fourth-order valence-corrected chi connectivity index (χ4v) is 1.43. The van der Waals surface area contributed by atoms with Gasteiger partial charge in [-0.25, -0.2) is 4.39 Å². The van der Waals surface area contributed by atoms with Crippen molar-refractivity contribution < 1.29 is 14.3 Å². The van der Waals surface area contributed by atoms with E-state index < -0.39 is 12.0 Å². The summed E-state index contributed by atoms with van der Waals surface area (Å²) in [5.41, 5.74) is 0.946. The Morgan fingerprint density at radius 1 is 1.44 bits per heavy atom. The Morgan fingerprint density at radius 3 is 2.50 bits per heavy atom. The number of benzene rings is 1. The first-order valence-electron chi connectivity index (χ1n) is 5.16. The van der Waals surface area contributed by atoms with E-state index in [-0.39, 0.29) is 11.9 Å². The van der Waals surface area contributed by atoms with Crippen LogP contribution in [0.2, 0.25) is 0 Å². The molecule has 0 fully saturated rings. The third-order valence-electron chi connectivity index (χ3n) is 2.28. The summed E-state index contributed by atoms with van der Waals surface area (Å²) in [5, 5.41) is 11.9. The maximum atomic E-state index is 13.3. The van der Waals surface area contributed by atoms with E-state index in [2.05, 4.69) is 5.32 Å². The van der Waals surface area contributed by atoms with Gasteiger partial charge in [-0.3, -0.25) is 10.1 Å². The number of carbonyl (C=O) groups is 1. The fraction of sp³-hybridized carbons (Fsp3) is 0.417. The number of hydrogen-bond donors (Lipinski definition) is 2. The van der Waals surface area contributed by atoms with Crippen LogP contribution in [0.1, 0.15) is 31.0 Å². The molecule has 3 nitrogen and oxygen atoms in total. The van der Waals surface area contributed by atoms with Gasteiger partial charge in [-0.1, -0.05) is 12.1 Å². The monoisotopic (exact) mass is 225 g/mol. The van der Waals surface area contributed by atoms with Crippen LogP contribution in [0, 0.1) is 12.7 Å². The maximum absolute atomic E-state index is 13.3. The van der Waals surface area contributed by atoms with Gasteiger partial charge in [0.05, 0.1) is 0 Å². The Labute approximate surface area is 94.3 Å². The molecule has 0 heterocycles. The van der Waals surface area contributed by atoms with Crippen LogP contribution >= 0.6 is 0 Å². The molecule has 88 valence electrons. The minimum absolute atomic E-state index is 0.0189. The summed E-state index contributed by atoms with van der Waals surface area (Å²) in [5.74, 6) is -1.38. The molecule has 0 saturated heterocycles. The summed E-state index contributed by atoms with van der Waals surface area (Å²) >= 11 is 0. The Bertz CT molecular complexity index is 391. The molecule has 16 heavy (non-hydrogen) atoms. The Kier molecular flexibility index (Phi) is 4.01. The lowest BCUT2D eigenvalue weighted by Gasteiger charge is -2.17. The van der Waals surface area contributed by atoms with Crippen LogP contribution in [-0.2, 0) is 4.79 Å². The number of aliphatic carboxylic acids is 1. The summed E-state index contributed by atoms with van der Waals surface area (Å²) in [7, 11) is 0. The SMILES string of the molecule is Cc1ccc(C(NC(C)C)C(=O)O)cc1F. The molecule has 0 aliphatic carbocycles. The fourth-order valence-electron chi connectivity index (χ4n) is 1.43. The number of nitrogens with one attached hydrogen (secondary N) is 1. The summed E-state index contributed by atoms with van der Waals surface area (Å²) in [6.07, 6.45) is 0. The highest BCUT2D eigenvalue weighted by Crippen LogP contribution is 2.17. The number of carboxylic acids is 1. The van der Waals surface area contributed by atoms with Crippen molar-refractivity contribution in [3.63, 3.8) is 0 Å². The molecule has 0 aliphatic heterocycles. The van der Waals surface area contributed by atoms with Crippen molar-refractivity contribution in [3.8, 4) is 0 Å². The zero-order chi connectivity index (χ0) is 12.3. The molecule has 0 saturated carbocycles. The molecular formula is C12H16FNO2. The molecule has 2 N–H and O–H groups in total. The van der Waals surface area contributed by atoms with E-state index in [1.807, 2.05) is 13.8 Å². The van der Waals surface area contributed by atoms with Gasteiger partial charge >= 0.3 is 5.97 Å². The maximum Gasteiger partial charge on any atom is 0.325 e. The van der Waals surface area contributed by atoms with Gasteiger partial charge in [-0.2, -0.15) is 0 Å². The summed E-state index contributed by atoms with van der Waals surface area (Å²) < 4.78 is 13.3. The van der Waals surface area contributed by atoms with Crippen molar-refractivity contribution in [1.82, 2.24) is 5.32 Å². The topological polar surface area (TPSA) is 49.3 Å². The van der Waals surface area contributed by atoms with Gasteiger partial charge in [0.25, 0.3) is 0 Å². The van der Waals surface area contributed by atoms with E-state index in [9.17, 15) is 9.18 Å². The van der Waals surface area contributed by atoms with Crippen molar-refractivity contribution in [2.24, 2.45) is 0 Å². The van der Waals surface area contributed by atoms with Gasteiger partial charge < -0.3 is 5.11 Å². The quantitative estimate of drug-likeness (QED) is 0.826. The molecule has 0 amide bonds. The van der Waals surface area contributed by atoms with Crippen molar-refractivity contribution in [1.29, 1.82) is 0 Å². The first-order valence-corrected chi connectivity index (χ1v) is 5.16. The number of rotatable bonds is 4. The number of halogens is 1. The van der Waals surface area contributed by atoms with Crippen LogP contribution in [-0.4, -0.2) is 17.1 Å². The smallest absolute Gasteiger partial charge is 0.325 e. The number of aryl methyl sites for hydroxylation is 1. The van der Waals surface area contributed by atoms with E-state index in [0.29, 0.717) is 11.1 Å². The Hall–Kier alpha value is -1.42. The van der Waals surface area contributed by atoms with E-state index in [1.54, 1.807) is 19.1 Å². The molecule has 0 aromatic heterocycles. The molecule has 1 rings (SSSR count). The van der Waals surface area contributed by atoms with E-state index in [4.69, 9.17) is 5.11 Å². The van der Waals surface area contributed by atoms with Crippen molar-refractivity contribution in [3.05, 3.63) is 35.1 Å². The molecule has 4 heteroatoms. The molecule has 1 atom stereocenters. The lowest BCUT2D eigenvalue weighted by atomic mass is 10.0. The molecular weight excluding hydrogens is 209 g/mol. The van der Waals surface area contributed by atoms with Crippen LogP contribution in [0.25, 0.3) is 0 Å². The standard InChI is InChI=1S/C12H16FNO2/c1-7(2)14-11(12(15)16)9-5-4-8(3)10(13)6-9/h4-7,11,14H,1-3H3,(H,15,16). The van der Waals surface area contributed by atoms with Crippen LogP contribution in [0.15, 0.2) is 18.2 Å². The molecule has 0 radical (unpaired) electrons. The van der Waals surface area contributed by atoms with Crippen LogP contribution < -0.4 is 5.32 Å². The van der Waals surface area contributed by atoms with Crippen molar-refractivity contribution >= 4 is 5.97 Å². The Morgan fingerprint density at radius 2 is 2.06 bits per heavy atom. The second kappa shape index (κ2) is 5.07. The Balaban J connectivity index is 3.01. The summed E-state index contributed by atoms with van der Waals surface area (Å²) in [4.78, 5) is 11.0. The lowest BCUT2D eigenvalue weighted by Crippen LogP contribution is -2.33. The predicted molar refractivity (Wildman–Crippen MR) is 59.8 cm³/mol. The molecule has 1 aromatic carbocycles. The normalized spacial score (nSPS) is 12.8. The third kappa shape index (κ3) is 3.03. The van der Waals surface area contributed by atoms with E-state index in [1.165, 1.54) is 6.07 Å². The van der Waals surface area contributed by atoms with Crippen molar-refractivity contribution in [2.75, 3.05) is 0 Å². The van der Waals surface area contributed by atoms with Gasteiger partial charge in [0.15, 0.2) is 0 Å². The second-order valence-electron chi connectivity index (χ2n) is 4.10. The van der Waals surface area contributed by atoms with Gasteiger partial charge in [0, 0.05) is 6.04 Å². The van der Waals surface area contributed by atoms with Crippen LogP contribution in [0.3, 0.4) is 0 Å². The van der Waals surface area contributed by atoms with Gasteiger partial charge in [0.1, 0.15) is 11.9 Å². The minimum atomic E-state index is -1.00. The highest BCUT2D eigenvalue weighted by molar-refractivity contribution is 5.75. The van der Waals surface area contributed by atoms with E-state index >= 15 is 0 Å². The van der Waals surface area contributed by atoms with Crippen LogP contribution in [0.5, 0.6) is 0 Å². The van der Waals surface area contributed by atoms with Gasteiger partial charge in [0.2, 0.25) is 0 Å².